The fraction of sp³-hybridized carbons (Fsp3) is 0.0769. The molecule has 0 saturated carbocycles. The molecule has 0 aliphatic rings. The van der Waals surface area contributed by atoms with Crippen LogP contribution in [0.25, 0.3) is 0 Å². The molecule has 4 heteroatoms. The van der Waals surface area contributed by atoms with Gasteiger partial charge in [0, 0.05) is 14.8 Å². The van der Waals surface area contributed by atoms with Crippen LogP contribution in [0.5, 0.6) is 0 Å². The summed E-state index contributed by atoms with van der Waals surface area (Å²) in [4.78, 5) is 2.04. The average Bonchev–Trinajstić information content (AvgIpc) is 2.34. The lowest BCUT2D eigenvalue weighted by molar-refractivity contribution is 0.282. The van der Waals surface area contributed by atoms with E-state index in [1.807, 2.05) is 36.4 Å². The highest BCUT2D eigenvalue weighted by Gasteiger charge is 2.04. The molecular formula is C13H10Cl2OS. The van der Waals surface area contributed by atoms with Gasteiger partial charge in [0.25, 0.3) is 0 Å². The van der Waals surface area contributed by atoms with Gasteiger partial charge in [-0.3, -0.25) is 0 Å². The van der Waals surface area contributed by atoms with Crippen molar-refractivity contribution in [3.8, 4) is 0 Å². The molecule has 0 aliphatic carbocycles. The lowest BCUT2D eigenvalue weighted by atomic mass is 10.2. The zero-order valence-corrected chi connectivity index (χ0v) is 11.2. The number of hydrogen-bond acceptors (Lipinski definition) is 2. The molecule has 2 rings (SSSR count). The summed E-state index contributed by atoms with van der Waals surface area (Å²) in [7, 11) is 0. The summed E-state index contributed by atoms with van der Waals surface area (Å²) in [6, 6.07) is 13.1. The Morgan fingerprint density at radius 2 is 1.71 bits per heavy atom. The van der Waals surface area contributed by atoms with Gasteiger partial charge in [-0.25, -0.2) is 0 Å². The van der Waals surface area contributed by atoms with E-state index >= 15 is 0 Å². The number of halogens is 2. The highest BCUT2D eigenvalue weighted by atomic mass is 35.5. The van der Waals surface area contributed by atoms with E-state index in [-0.39, 0.29) is 6.61 Å². The summed E-state index contributed by atoms with van der Waals surface area (Å²) in [5.74, 6) is 0. The number of hydrogen-bond donors (Lipinski definition) is 1. The van der Waals surface area contributed by atoms with Gasteiger partial charge < -0.3 is 5.11 Å². The first-order valence-corrected chi connectivity index (χ1v) is 6.59. The van der Waals surface area contributed by atoms with Gasteiger partial charge in [-0.2, -0.15) is 0 Å². The van der Waals surface area contributed by atoms with Gasteiger partial charge in [0.2, 0.25) is 0 Å². The fourth-order valence-corrected chi connectivity index (χ4v) is 2.62. The summed E-state index contributed by atoms with van der Waals surface area (Å²) in [6.07, 6.45) is 0. The fourth-order valence-electron chi connectivity index (χ4n) is 1.36. The summed E-state index contributed by atoms with van der Waals surface area (Å²) in [5, 5.41) is 10.4. The minimum Gasteiger partial charge on any atom is -0.392 e. The Hall–Kier alpha value is -0.670. The van der Waals surface area contributed by atoms with Crippen LogP contribution >= 0.6 is 35.0 Å². The predicted octanol–water partition coefficient (Wildman–Crippen LogP) is 4.64. The molecule has 0 saturated heterocycles. The van der Waals surface area contributed by atoms with Gasteiger partial charge in [-0.15, -0.1) is 0 Å². The average molecular weight is 285 g/mol. The van der Waals surface area contributed by atoms with Crippen molar-refractivity contribution in [1.29, 1.82) is 0 Å². The van der Waals surface area contributed by atoms with Crippen LogP contribution in [-0.4, -0.2) is 5.11 Å². The van der Waals surface area contributed by atoms with Crippen LogP contribution in [0.4, 0.5) is 0 Å². The van der Waals surface area contributed by atoms with Crippen molar-refractivity contribution < 1.29 is 5.11 Å². The van der Waals surface area contributed by atoms with Crippen molar-refractivity contribution in [2.24, 2.45) is 0 Å². The van der Waals surface area contributed by atoms with Gasteiger partial charge in [0.1, 0.15) is 0 Å². The van der Waals surface area contributed by atoms with E-state index in [2.05, 4.69) is 0 Å². The molecule has 1 N–H and O–H groups in total. The van der Waals surface area contributed by atoms with E-state index in [9.17, 15) is 0 Å². The van der Waals surface area contributed by atoms with Gasteiger partial charge in [0.05, 0.1) is 11.6 Å². The lowest BCUT2D eigenvalue weighted by Gasteiger charge is -2.05. The first-order valence-electron chi connectivity index (χ1n) is 5.02. The highest BCUT2D eigenvalue weighted by molar-refractivity contribution is 7.99. The largest absolute Gasteiger partial charge is 0.392 e. The molecule has 0 fully saturated rings. The zero-order valence-electron chi connectivity index (χ0n) is 8.86. The molecular weight excluding hydrogens is 275 g/mol. The third-order valence-electron chi connectivity index (χ3n) is 2.22. The SMILES string of the molecule is OCc1ccc(Sc2ccc(Cl)cc2)c(Cl)c1. The number of aliphatic hydroxyl groups is 1. The van der Waals surface area contributed by atoms with E-state index < -0.39 is 0 Å². The maximum Gasteiger partial charge on any atom is 0.0682 e. The van der Waals surface area contributed by atoms with Gasteiger partial charge >= 0.3 is 0 Å². The Labute approximate surface area is 114 Å². The number of aliphatic hydroxyl groups excluding tert-OH is 1. The van der Waals surface area contributed by atoms with Gasteiger partial charge in [-0.1, -0.05) is 41.0 Å². The third-order valence-corrected chi connectivity index (χ3v) is 3.98. The molecule has 2 aromatic rings. The number of benzene rings is 2. The van der Waals surface area contributed by atoms with Crippen LogP contribution in [0.15, 0.2) is 52.3 Å². The Balaban J connectivity index is 2.21. The Morgan fingerprint density at radius 1 is 1.00 bits per heavy atom. The number of rotatable bonds is 3. The molecule has 0 aliphatic heterocycles. The molecule has 0 atom stereocenters. The van der Waals surface area contributed by atoms with Crippen molar-refractivity contribution in [1.82, 2.24) is 0 Å². The van der Waals surface area contributed by atoms with E-state index in [1.165, 1.54) is 0 Å². The summed E-state index contributed by atoms with van der Waals surface area (Å²) < 4.78 is 0. The van der Waals surface area contributed by atoms with Crippen LogP contribution in [-0.2, 0) is 6.61 Å². The quantitative estimate of drug-likeness (QED) is 0.886. The van der Waals surface area contributed by atoms with E-state index in [0.717, 1.165) is 20.4 Å². The van der Waals surface area contributed by atoms with Crippen molar-refractivity contribution >= 4 is 35.0 Å². The summed E-state index contributed by atoms with van der Waals surface area (Å²) in [6.45, 7) is 0.00557. The van der Waals surface area contributed by atoms with Crippen molar-refractivity contribution in [3.63, 3.8) is 0 Å². The molecule has 0 aromatic heterocycles. The second-order valence-electron chi connectivity index (χ2n) is 3.48. The van der Waals surface area contributed by atoms with E-state index in [4.69, 9.17) is 28.3 Å². The monoisotopic (exact) mass is 284 g/mol. The first kappa shape index (κ1) is 12.8. The lowest BCUT2D eigenvalue weighted by Crippen LogP contribution is -1.83. The van der Waals surface area contributed by atoms with Crippen molar-refractivity contribution in [2.75, 3.05) is 0 Å². The van der Waals surface area contributed by atoms with Gasteiger partial charge in [0.15, 0.2) is 0 Å². The minimum atomic E-state index is 0.00557. The molecule has 0 heterocycles. The first-order chi connectivity index (χ1) is 8.19. The Morgan fingerprint density at radius 3 is 2.29 bits per heavy atom. The van der Waals surface area contributed by atoms with Crippen molar-refractivity contribution in [2.45, 2.75) is 16.4 Å². The van der Waals surface area contributed by atoms with Crippen LogP contribution in [0.3, 0.4) is 0 Å². The molecule has 1 nitrogen and oxygen atoms in total. The summed E-state index contributed by atoms with van der Waals surface area (Å²) >= 11 is 13.5. The molecule has 0 spiro atoms. The van der Waals surface area contributed by atoms with Crippen LogP contribution in [0.1, 0.15) is 5.56 Å². The smallest absolute Gasteiger partial charge is 0.0682 e. The highest BCUT2D eigenvalue weighted by Crippen LogP contribution is 2.34. The molecule has 0 radical (unpaired) electrons. The Kier molecular flexibility index (Phi) is 4.35. The zero-order chi connectivity index (χ0) is 12.3. The van der Waals surface area contributed by atoms with Crippen LogP contribution in [0.2, 0.25) is 10.0 Å². The van der Waals surface area contributed by atoms with Gasteiger partial charge in [-0.05, 0) is 42.0 Å². The molecule has 0 bridgehead atoms. The second kappa shape index (κ2) is 5.78. The maximum absolute atomic E-state index is 8.99. The molecule has 2 aromatic carbocycles. The van der Waals surface area contributed by atoms with E-state index in [1.54, 1.807) is 17.8 Å². The maximum atomic E-state index is 8.99. The van der Waals surface area contributed by atoms with Crippen LogP contribution in [0, 0.1) is 0 Å². The Bertz CT molecular complexity index is 511. The van der Waals surface area contributed by atoms with Crippen LogP contribution < -0.4 is 0 Å². The summed E-state index contributed by atoms with van der Waals surface area (Å²) in [5.41, 5.74) is 0.815. The normalized spacial score (nSPS) is 10.5. The topological polar surface area (TPSA) is 20.2 Å². The molecule has 88 valence electrons. The van der Waals surface area contributed by atoms with E-state index in [0.29, 0.717) is 5.02 Å². The minimum absolute atomic E-state index is 0.00557. The predicted molar refractivity (Wildman–Crippen MR) is 72.9 cm³/mol. The standard InChI is InChI=1S/C13H10Cl2OS/c14-10-2-4-11(5-3-10)17-13-6-1-9(8-16)7-12(13)15/h1-7,16H,8H2. The second-order valence-corrected chi connectivity index (χ2v) is 5.44. The molecule has 17 heavy (non-hydrogen) atoms. The molecule has 0 unspecified atom stereocenters. The third kappa shape index (κ3) is 3.39. The molecule has 0 amide bonds. The van der Waals surface area contributed by atoms with Crippen molar-refractivity contribution in [3.05, 3.63) is 58.1 Å².